The molecule has 0 aliphatic rings. The Kier molecular flexibility index (Phi) is 5.48. The number of esters is 1. The Morgan fingerprint density at radius 3 is 2.68 bits per heavy atom. The molecule has 0 saturated carbocycles. The van der Waals surface area contributed by atoms with Gasteiger partial charge in [0.1, 0.15) is 5.82 Å². The van der Waals surface area contributed by atoms with Crippen LogP contribution in [0, 0.1) is 12.7 Å². The second-order valence-electron chi connectivity index (χ2n) is 4.34. The first kappa shape index (κ1) is 15.1. The van der Waals surface area contributed by atoms with Crippen molar-refractivity contribution in [1.82, 2.24) is 4.90 Å². The predicted octanol–water partition coefficient (Wildman–Crippen LogP) is 2.16. The summed E-state index contributed by atoms with van der Waals surface area (Å²) in [4.78, 5) is 24.4. The van der Waals surface area contributed by atoms with Gasteiger partial charge >= 0.3 is 5.97 Å². The number of carbonyl (C=O) groups excluding carboxylic acids is 2. The van der Waals surface area contributed by atoms with Gasteiger partial charge in [-0.1, -0.05) is 12.1 Å². The number of hydrogen-bond donors (Lipinski definition) is 0. The smallest absolute Gasteiger partial charge is 0.305 e. The molecular formula is C14H18FNO3. The van der Waals surface area contributed by atoms with Crippen molar-refractivity contribution < 1.29 is 18.7 Å². The molecule has 1 aromatic rings. The molecule has 1 amide bonds. The van der Waals surface area contributed by atoms with Gasteiger partial charge in [0.25, 0.3) is 5.91 Å². The molecule has 0 spiro atoms. The maximum absolute atomic E-state index is 13.8. The second-order valence-corrected chi connectivity index (χ2v) is 4.34. The van der Waals surface area contributed by atoms with Crippen LogP contribution in [0.5, 0.6) is 0 Å². The van der Waals surface area contributed by atoms with Crippen molar-refractivity contribution in [2.24, 2.45) is 0 Å². The number of carbonyl (C=O) groups is 2. The topological polar surface area (TPSA) is 46.6 Å². The molecule has 1 aromatic carbocycles. The number of aryl methyl sites for hydroxylation is 1. The summed E-state index contributed by atoms with van der Waals surface area (Å²) in [6, 6.07) is 4.72. The number of hydrogen-bond acceptors (Lipinski definition) is 3. The van der Waals surface area contributed by atoms with E-state index in [1.165, 1.54) is 18.1 Å². The molecule has 4 nitrogen and oxygen atoms in total. The van der Waals surface area contributed by atoms with Gasteiger partial charge in [0, 0.05) is 20.0 Å². The van der Waals surface area contributed by atoms with Crippen molar-refractivity contribution in [2.75, 3.05) is 20.7 Å². The molecule has 0 aliphatic heterocycles. The van der Waals surface area contributed by atoms with Gasteiger partial charge in [0.2, 0.25) is 0 Å². The van der Waals surface area contributed by atoms with Crippen molar-refractivity contribution in [2.45, 2.75) is 19.8 Å². The van der Waals surface area contributed by atoms with Gasteiger partial charge in [-0.05, 0) is 25.0 Å². The number of methoxy groups -OCH3 is 1. The first-order chi connectivity index (χ1) is 8.97. The Hall–Kier alpha value is -1.91. The molecular weight excluding hydrogens is 249 g/mol. The van der Waals surface area contributed by atoms with Gasteiger partial charge in [-0.25, -0.2) is 4.39 Å². The van der Waals surface area contributed by atoms with Gasteiger partial charge in [-0.15, -0.1) is 0 Å². The SMILES string of the molecule is COC(=O)CCCN(C)C(=O)c1cccc(C)c1F. The highest BCUT2D eigenvalue weighted by atomic mass is 19.1. The third kappa shape index (κ3) is 4.05. The molecule has 0 heterocycles. The Balaban J connectivity index is 2.62. The third-order valence-corrected chi connectivity index (χ3v) is 2.87. The summed E-state index contributed by atoms with van der Waals surface area (Å²) in [5, 5.41) is 0. The maximum Gasteiger partial charge on any atom is 0.305 e. The van der Waals surface area contributed by atoms with E-state index in [9.17, 15) is 14.0 Å². The lowest BCUT2D eigenvalue weighted by molar-refractivity contribution is -0.140. The Morgan fingerprint density at radius 1 is 1.37 bits per heavy atom. The summed E-state index contributed by atoms with van der Waals surface area (Å²) in [6.45, 7) is 1.99. The average Bonchev–Trinajstić information content (AvgIpc) is 2.40. The summed E-state index contributed by atoms with van der Waals surface area (Å²) in [5.41, 5.74) is 0.495. The van der Waals surface area contributed by atoms with Crippen molar-refractivity contribution in [3.05, 3.63) is 35.1 Å². The lowest BCUT2D eigenvalue weighted by Crippen LogP contribution is -2.29. The molecule has 0 aromatic heterocycles. The highest BCUT2D eigenvalue weighted by molar-refractivity contribution is 5.94. The fraction of sp³-hybridized carbons (Fsp3) is 0.429. The molecule has 0 unspecified atom stereocenters. The van der Waals surface area contributed by atoms with Gasteiger partial charge < -0.3 is 9.64 Å². The molecule has 0 saturated heterocycles. The molecule has 0 aliphatic carbocycles. The molecule has 5 heteroatoms. The second kappa shape index (κ2) is 6.87. The zero-order valence-corrected chi connectivity index (χ0v) is 11.4. The Bertz CT molecular complexity index is 474. The summed E-state index contributed by atoms with van der Waals surface area (Å²) in [5.74, 6) is -1.19. The normalized spacial score (nSPS) is 10.1. The number of nitrogens with zero attached hydrogens (tertiary/aromatic N) is 1. The molecule has 0 atom stereocenters. The quantitative estimate of drug-likeness (QED) is 0.768. The lowest BCUT2D eigenvalue weighted by Gasteiger charge is -2.17. The molecule has 104 valence electrons. The van der Waals surface area contributed by atoms with E-state index in [1.807, 2.05) is 0 Å². The Labute approximate surface area is 112 Å². The van der Waals surface area contributed by atoms with E-state index in [0.717, 1.165) is 0 Å². The van der Waals surface area contributed by atoms with Crippen LogP contribution in [0.3, 0.4) is 0 Å². The molecule has 19 heavy (non-hydrogen) atoms. The van der Waals surface area contributed by atoms with E-state index in [1.54, 1.807) is 26.1 Å². The van der Waals surface area contributed by atoms with Crippen LogP contribution in [0.1, 0.15) is 28.8 Å². The van der Waals surface area contributed by atoms with Crippen molar-refractivity contribution in [3.63, 3.8) is 0 Å². The summed E-state index contributed by atoms with van der Waals surface area (Å²) >= 11 is 0. The fourth-order valence-corrected chi connectivity index (χ4v) is 1.68. The van der Waals surface area contributed by atoms with Gasteiger partial charge in [0.05, 0.1) is 12.7 Å². The average molecular weight is 267 g/mol. The van der Waals surface area contributed by atoms with E-state index >= 15 is 0 Å². The number of benzene rings is 1. The highest BCUT2D eigenvalue weighted by Crippen LogP contribution is 2.14. The van der Waals surface area contributed by atoms with Crippen LogP contribution in [-0.2, 0) is 9.53 Å². The monoisotopic (exact) mass is 267 g/mol. The van der Waals surface area contributed by atoms with Crippen LogP contribution in [0.4, 0.5) is 4.39 Å². The number of rotatable bonds is 5. The van der Waals surface area contributed by atoms with Gasteiger partial charge in [-0.2, -0.15) is 0 Å². The van der Waals surface area contributed by atoms with Crippen LogP contribution in [-0.4, -0.2) is 37.5 Å². The first-order valence-corrected chi connectivity index (χ1v) is 6.04. The van der Waals surface area contributed by atoms with Gasteiger partial charge in [-0.3, -0.25) is 9.59 Å². The van der Waals surface area contributed by atoms with E-state index in [2.05, 4.69) is 4.74 Å². The minimum atomic E-state index is -0.493. The minimum Gasteiger partial charge on any atom is -0.469 e. The lowest BCUT2D eigenvalue weighted by atomic mass is 10.1. The molecule has 0 radical (unpaired) electrons. The zero-order chi connectivity index (χ0) is 14.4. The fourth-order valence-electron chi connectivity index (χ4n) is 1.68. The summed E-state index contributed by atoms with van der Waals surface area (Å²) in [7, 11) is 2.90. The largest absolute Gasteiger partial charge is 0.469 e. The third-order valence-electron chi connectivity index (χ3n) is 2.87. The highest BCUT2D eigenvalue weighted by Gasteiger charge is 2.17. The molecule has 0 bridgehead atoms. The minimum absolute atomic E-state index is 0.0561. The predicted molar refractivity (Wildman–Crippen MR) is 69.3 cm³/mol. The van der Waals surface area contributed by atoms with Crippen LogP contribution in [0.25, 0.3) is 0 Å². The van der Waals surface area contributed by atoms with E-state index in [0.29, 0.717) is 18.5 Å². The van der Waals surface area contributed by atoms with Crippen LogP contribution in [0.2, 0.25) is 0 Å². The van der Waals surface area contributed by atoms with Crippen molar-refractivity contribution >= 4 is 11.9 Å². The molecule has 0 fully saturated rings. The van der Waals surface area contributed by atoms with E-state index in [4.69, 9.17) is 0 Å². The van der Waals surface area contributed by atoms with Crippen LogP contribution < -0.4 is 0 Å². The summed E-state index contributed by atoms with van der Waals surface area (Å²) < 4.78 is 18.3. The van der Waals surface area contributed by atoms with E-state index < -0.39 is 5.82 Å². The van der Waals surface area contributed by atoms with Crippen LogP contribution >= 0.6 is 0 Å². The van der Waals surface area contributed by atoms with E-state index in [-0.39, 0.29) is 23.9 Å². The van der Waals surface area contributed by atoms with Crippen molar-refractivity contribution in [1.29, 1.82) is 0 Å². The number of ether oxygens (including phenoxy) is 1. The number of amides is 1. The first-order valence-electron chi connectivity index (χ1n) is 6.04. The number of halogens is 1. The summed E-state index contributed by atoms with van der Waals surface area (Å²) in [6.07, 6.45) is 0.729. The van der Waals surface area contributed by atoms with Crippen molar-refractivity contribution in [3.8, 4) is 0 Å². The standard InChI is InChI=1S/C14H18FNO3/c1-10-6-4-7-11(13(10)15)14(18)16(2)9-5-8-12(17)19-3/h4,6-7H,5,8-9H2,1-3H3. The van der Waals surface area contributed by atoms with Gasteiger partial charge in [0.15, 0.2) is 0 Å². The Morgan fingerprint density at radius 2 is 2.05 bits per heavy atom. The molecule has 1 rings (SSSR count). The van der Waals surface area contributed by atoms with Crippen LogP contribution in [0.15, 0.2) is 18.2 Å². The maximum atomic E-state index is 13.8. The molecule has 0 N–H and O–H groups in total. The zero-order valence-electron chi connectivity index (χ0n) is 11.4.